The first kappa shape index (κ1) is 12.5. The fraction of sp³-hybridized carbons (Fsp3) is 0.286. The molecule has 0 unspecified atom stereocenters. The van der Waals surface area contributed by atoms with E-state index in [-0.39, 0.29) is 0 Å². The first-order valence-corrected chi connectivity index (χ1v) is 5.96. The number of hydrogen-bond acceptors (Lipinski definition) is 4. The minimum Gasteiger partial charge on any atom is -0.378 e. The molecule has 2 rings (SSSR count). The van der Waals surface area contributed by atoms with Gasteiger partial charge >= 0.3 is 0 Å². The second-order valence-corrected chi connectivity index (χ2v) is 4.41. The Morgan fingerprint density at radius 2 is 1.56 bits per heavy atom. The molecule has 0 bridgehead atoms. The molecule has 0 aliphatic carbocycles. The van der Waals surface area contributed by atoms with E-state index < -0.39 is 0 Å². The van der Waals surface area contributed by atoms with Gasteiger partial charge in [0.1, 0.15) is 6.33 Å². The first-order valence-electron chi connectivity index (χ1n) is 5.96. The molecule has 0 aliphatic heterocycles. The highest BCUT2D eigenvalue weighted by atomic mass is 15.1. The van der Waals surface area contributed by atoms with Gasteiger partial charge in [-0.05, 0) is 17.7 Å². The lowest BCUT2D eigenvalue weighted by molar-refractivity contribution is 0.689. The number of rotatable bonds is 5. The average Bonchev–Trinajstić information content (AvgIpc) is 2.40. The predicted octanol–water partition coefficient (Wildman–Crippen LogP) is 1.83. The zero-order chi connectivity index (χ0) is 12.8. The van der Waals surface area contributed by atoms with Crippen molar-refractivity contribution in [1.82, 2.24) is 15.3 Å². The predicted molar refractivity (Wildman–Crippen MR) is 73.3 cm³/mol. The monoisotopic (exact) mass is 242 g/mol. The third kappa shape index (κ3) is 3.53. The van der Waals surface area contributed by atoms with Gasteiger partial charge in [0, 0.05) is 50.8 Å². The lowest BCUT2D eigenvalue weighted by Gasteiger charge is -2.12. The maximum atomic E-state index is 3.98. The molecule has 1 aromatic carbocycles. The summed E-state index contributed by atoms with van der Waals surface area (Å²) < 4.78 is 0. The van der Waals surface area contributed by atoms with E-state index in [0.29, 0.717) is 0 Å². The van der Waals surface area contributed by atoms with Crippen LogP contribution in [-0.4, -0.2) is 24.1 Å². The van der Waals surface area contributed by atoms with Crippen LogP contribution in [-0.2, 0) is 13.1 Å². The molecule has 4 heteroatoms. The third-order valence-corrected chi connectivity index (χ3v) is 2.73. The van der Waals surface area contributed by atoms with E-state index in [9.17, 15) is 0 Å². The molecule has 4 nitrogen and oxygen atoms in total. The molecule has 0 saturated heterocycles. The summed E-state index contributed by atoms with van der Waals surface area (Å²) in [4.78, 5) is 10.1. The number of aromatic nitrogens is 2. The zero-order valence-corrected chi connectivity index (χ0v) is 10.8. The molecule has 2 aromatic rings. The van der Waals surface area contributed by atoms with Crippen LogP contribution in [0.5, 0.6) is 0 Å². The Morgan fingerprint density at radius 1 is 0.944 bits per heavy atom. The average molecular weight is 242 g/mol. The van der Waals surface area contributed by atoms with Crippen LogP contribution in [0, 0.1) is 0 Å². The molecule has 1 N–H and O–H groups in total. The van der Waals surface area contributed by atoms with Gasteiger partial charge in [-0.2, -0.15) is 0 Å². The molecule has 0 saturated carbocycles. The number of nitrogens with one attached hydrogen (secondary N) is 1. The summed E-state index contributed by atoms with van der Waals surface area (Å²) in [6.45, 7) is 1.64. The van der Waals surface area contributed by atoms with Crippen molar-refractivity contribution in [2.75, 3.05) is 19.0 Å². The summed E-state index contributed by atoms with van der Waals surface area (Å²) in [5.41, 5.74) is 3.59. The van der Waals surface area contributed by atoms with Crippen LogP contribution < -0.4 is 10.2 Å². The molecule has 0 amide bonds. The standard InChI is InChI=1S/C14H18N4/c1-18(2)14-5-3-12(4-6-14)7-15-8-13-9-16-11-17-10-13/h3-6,9-11,15H,7-8H2,1-2H3. The third-order valence-electron chi connectivity index (χ3n) is 2.73. The SMILES string of the molecule is CN(C)c1ccc(CNCc2cncnc2)cc1. The van der Waals surface area contributed by atoms with Crippen molar-refractivity contribution in [3.05, 3.63) is 54.1 Å². The van der Waals surface area contributed by atoms with Gasteiger partial charge in [-0.3, -0.25) is 0 Å². The highest BCUT2D eigenvalue weighted by Crippen LogP contribution is 2.12. The quantitative estimate of drug-likeness (QED) is 0.868. The van der Waals surface area contributed by atoms with Crippen molar-refractivity contribution in [1.29, 1.82) is 0 Å². The van der Waals surface area contributed by atoms with E-state index in [1.54, 1.807) is 6.33 Å². The summed E-state index contributed by atoms with van der Waals surface area (Å²) in [7, 11) is 4.09. The van der Waals surface area contributed by atoms with Crippen LogP contribution in [0.2, 0.25) is 0 Å². The second kappa shape index (κ2) is 6.12. The van der Waals surface area contributed by atoms with Gasteiger partial charge in [-0.25, -0.2) is 9.97 Å². The molecule has 0 fully saturated rings. The smallest absolute Gasteiger partial charge is 0.115 e. The molecule has 0 radical (unpaired) electrons. The van der Waals surface area contributed by atoms with Crippen LogP contribution in [0.25, 0.3) is 0 Å². The molecule has 0 aliphatic rings. The highest BCUT2D eigenvalue weighted by molar-refractivity contribution is 5.45. The van der Waals surface area contributed by atoms with Gasteiger partial charge in [0.25, 0.3) is 0 Å². The largest absolute Gasteiger partial charge is 0.378 e. The maximum absolute atomic E-state index is 3.98. The fourth-order valence-corrected chi connectivity index (χ4v) is 1.68. The summed E-state index contributed by atoms with van der Waals surface area (Å²) in [6.07, 6.45) is 5.20. The van der Waals surface area contributed by atoms with Crippen molar-refractivity contribution in [2.24, 2.45) is 0 Å². The highest BCUT2D eigenvalue weighted by Gasteiger charge is 1.97. The Bertz CT molecular complexity index is 465. The number of benzene rings is 1. The Labute approximate surface area is 108 Å². The second-order valence-electron chi connectivity index (χ2n) is 4.41. The van der Waals surface area contributed by atoms with Crippen LogP contribution in [0.1, 0.15) is 11.1 Å². The summed E-state index contributed by atoms with van der Waals surface area (Å²) in [6, 6.07) is 8.54. The summed E-state index contributed by atoms with van der Waals surface area (Å²) >= 11 is 0. The van der Waals surface area contributed by atoms with E-state index in [1.165, 1.54) is 11.3 Å². The topological polar surface area (TPSA) is 41.0 Å². The molecule has 94 valence electrons. The van der Waals surface area contributed by atoms with Gasteiger partial charge in [0.2, 0.25) is 0 Å². The molecular weight excluding hydrogens is 224 g/mol. The van der Waals surface area contributed by atoms with Crippen LogP contribution in [0.15, 0.2) is 43.0 Å². The van der Waals surface area contributed by atoms with Crippen LogP contribution in [0.3, 0.4) is 0 Å². The number of anilines is 1. The zero-order valence-electron chi connectivity index (χ0n) is 10.8. The molecule has 0 atom stereocenters. The van der Waals surface area contributed by atoms with Gasteiger partial charge in [0.05, 0.1) is 0 Å². The van der Waals surface area contributed by atoms with E-state index >= 15 is 0 Å². The van der Waals surface area contributed by atoms with E-state index in [2.05, 4.69) is 44.5 Å². The number of nitrogens with zero attached hydrogens (tertiary/aromatic N) is 3. The lowest BCUT2D eigenvalue weighted by Crippen LogP contribution is -2.13. The van der Waals surface area contributed by atoms with Gasteiger partial charge < -0.3 is 10.2 Å². The normalized spacial score (nSPS) is 10.3. The van der Waals surface area contributed by atoms with E-state index in [4.69, 9.17) is 0 Å². The maximum Gasteiger partial charge on any atom is 0.115 e. The van der Waals surface area contributed by atoms with Gasteiger partial charge in [0.15, 0.2) is 0 Å². The van der Waals surface area contributed by atoms with Crippen molar-refractivity contribution < 1.29 is 0 Å². The molecular formula is C14H18N4. The van der Waals surface area contributed by atoms with Gasteiger partial charge in [-0.15, -0.1) is 0 Å². The lowest BCUT2D eigenvalue weighted by atomic mass is 10.2. The molecule has 18 heavy (non-hydrogen) atoms. The first-order chi connectivity index (χ1) is 8.75. The van der Waals surface area contributed by atoms with Crippen molar-refractivity contribution in [3.8, 4) is 0 Å². The number of hydrogen-bond donors (Lipinski definition) is 1. The van der Waals surface area contributed by atoms with E-state index in [1.807, 2.05) is 26.5 Å². The molecule has 0 spiro atoms. The molecule has 1 aromatic heterocycles. The van der Waals surface area contributed by atoms with Crippen molar-refractivity contribution >= 4 is 5.69 Å². The van der Waals surface area contributed by atoms with Gasteiger partial charge in [-0.1, -0.05) is 12.1 Å². The Morgan fingerprint density at radius 3 is 2.17 bits per heavy atom. The Balaban J connectivity index is 1.83. The Hall–Kier alpha value is -1.94. The summed E-state index contributed by atoms with van der Waals surface area (Å²) in [5.74, 6) is 0. The van der Waals surface area contributed by atoms with Crippen molar-refractivity contribution in [2.45, 2.75) is 13.1 Å². The van der Waals surface area contributed by atoms with E-state index in [0.717, 1.165) is 18.7 Å². The molecule has 1 heterocycles. The summed E-state index contributed by atoms with van der Waals surface area (Å²) in [5, 5.41) is 3.37. The van der Waals surface area contributed by atoms with Crippen LogP contribution >= 0.6 is 0 Å². The minimum atomic E-state index is 0.788. The van der Waals surface area contributed by atoms with Crippen LogP contribution in [0.4, 0.5) is 5.69 Å². The Kier molecular flexibility index (Phi) is 4.25. The minimum absolute atomic E-state index is 0.788. The van der Waals surface area contributed by atoms with Crippen molar-refractivity contribution in [3.63, 3.8) is 0 Å². The fourth-order valence-electron chi connectivity index (χ4n) is 1.68.